The van der Waals surface area contributed by atoms with Gasteiger partial charge in [-0.3, -0.25) is 4.79 Å². The first-order valence-electron chi connectivity index (χ1n) is 9.88. The van der Waals surface area contributed by atoms with Crippen LogP contribution >= 0.6 is 0 Å². The van der Waals surface area contributed by atoms with Crippen molar-refractivity contribution in [2.45, 2.75) is 46.1 Å². The number of carboxylic acid groups (broad SMARTS) is 1. The van der Waals surface area contributed by atoms with Crippen molar-refractivity contribution < 1.29 is 9.90 Å². The summed E-state index contributed by atoms with van der Waals surface area (Å²) in [6, 6.07) is 6.67. The van der Waals surface area contributed by atoms with E-state index in [1.54, 1.807) is 0 Å². The first-order chi connectivity index (χ1) is 12.5. The number of hydrogen-bond acceptors (Lipinski definition) is 2. The summed E-state index contributed by atoms with van der Waals surface area (Å²) in [5.41, 5.74) is 4.06. The number of carboxylic acids is 1. The summed E-state index contributed by atoms with van der Waals surface area (Å²) >= 11 is 0. The topological polar surface area (TPSA) is 49.3 Å². The van der Waals surface area contributed by atoms with Crippen molar-refractivity contribution in [1.82, 2.24) is 5.32 Å². The van der Waals surface area contributed by atoms with E-state index in [-0.39, 0.29) is 6.42 Å². The predicted molar refractivity (Wildman–Crippen MR) is 106 cm³/mol. The van der Waals surface area contributed by atoms with E-state index in [4.69, 9.17) is 5.11 Å². The number of benzene rings is 1. The number of nitrogens with one attached hydrogen (secondary N) is 1. The highest BCUT2D eigenvalue weighted by Gasteiger charge is 2.42. The summed E-state index contributed by atoms with van der Waals surface area (Å²) in [7, 11) is 0. The molecule has 2 N–H and O–H groups in total. The molecule has 1 saturated carbocycles. The number of rotatable bonds is 9. The maximum Gasteiger partial charge on any atom is 0.303 e. The number of aryl methyl sites for hydroxylation is 2. The minimum Gasteiger partial charge on any atom is -0.481 e. The molecule has 1 fully saturated rings. The van der Waals surface area contributed by atoms with Crippen LogP contribution in [-0.4, -0.2) is 17.6 Å². The Kier molecular flexibility index (Phi) is 6.31. The van der Waals surface area contributed by atoms with E-state index in [9.17, 15) is 4.79 Å². The van der Waals surface area contributed by atoms with Crippen LogP contribution < -0.4 is 5.32 Å². The van der Waals surface area contributed by atoms with E-state index in [0.717, 1.165) is 25.9 Å². The third-order valence-corrected chi connectivity index (χ3v) is 6.00. The molecule has 140 valence electrons. The van der Waals surface area contributed by atoms with Crippen molar-refractivity contribution in [2.24, 2.45) is 23.7 Å². The Morgan fingerprint density at radius 1 is 1.27 bits per heavy atom. The maximum absolute atomic E-state index is 10.6. The summed E-state index contributed by atoms with van der Waals surface area (Å²) in [5, 5.41) is 12.4. The van der Waals surface area contributed by atoms with E-state index in [2.05, 4.69) is 61.7 Å². The lowest BCUT2D eigenvalue weighted by Gasteiger charge is -2.26. The Morgan fingerprint density at radius 2 is 2.08 bits per heavy atom. The van der Waals surface area contributed by atoms with Crippen molar-refractivity contribution in [1.29, 1.82) is 0 Å². The Morgan fingerprint density at radius 3 is 2.85 bits per heavy atom. The second-order valence-electron chi connectivity index (χ2n) is 7.96. The van der Waals surface area contributed by atoms with Gasteiger partial charge in [-0.15, -0.1) is 0 Å². The third-order valence-electron chi connectivity index (χ3n) is 6.00. The molecule has 0 heterocycles. The number of aliphatic carboxylic acids is 1. The van der Waals surface area contributed by atoms with Gasteiger partial charge < -0.3 is 10.4 Å². The van der Waals surface area contributed by atoms with Crippen LogP contribution in [0.25, 0.3) is 0 Å². The molecule has 0 spiro atoms. The molecular weight excluding hydrogens is 322 g/mol. The molecule has 0 radical (unpaired) electrons. The molecular formula is C23H31NO2. The van der Waals surface area contributed by atoms with Gasteiger partial charge in [-0.2, -0.15) is 0 Å². The molecule has 26 heavy (non-hydrogen) atoms. The maximum atomic E-state index is 10.6. The Labute approximate surface area is 157 Å². The highest BCUT2D eigenvalue weighted by molar-refractivity contribution is 5.66. The van der Waals surface area contributed by atoms with Crippen LogP contribution in [0.4, 0.5) is 0 Å². The van der Waals surface area contributed by atoms with E-state index in [1.807, 2.05) is 0 Å². The van der Waals surface area contributed by atoms with Gasteiger partial charge in [0.15, 0.2) is 0 Å². The fourth-order valence-corrected chi connectivity index (χ4v) is 4.58. The van der Waals surface area contributed by atoms with Crippen LogP contribution in [0.5, 0.6) is 0 Å². The second-order valence-corrected chi connectivity index (χ2v) is 7.96. The van der Waals surface area contributed by atoms with Gasteiger partial charge in [-0.1, -0.05) is 48.1 Å². The molecule has 1 aromatic carbocycles. The second kappa shape index (κ2) is 8.68. The van der Waals surface area contributed by atoms with Gasteiger partial charge in [0.2, 0.25) is 0 Å². The van der Waals surface area contributed by atoms with Crippen LogP contribution in [0.15, 0.2) is 42.5 Å². The zero-order valence-corrected chi connectivity index (χ0v) is 15.9. The molecule has 3 rings (SSSR count). The lowest BCUT2D eigenvalue weighted by Crippen LogP contribution is -2.30. The number of hydrogen-bond donors (Lipinski definition) is 2. The number of allylic oxidation sites excluding steroid dienone is 4. The van der Waals surface area contributed by atoms with Gasteiger partial charge >= 0.3 is 5.97 Å². The third kappa shape index (κ3) is 4.64. The highest BCUT2D eigenvalue weighted by atomic mass is 16.4. The molecule has 1 aromatic rings. The lowest BCUT2D eigenvalue weighted by molar-refractivity contribution is -0.137. The Bertz CT molecular complexity index is 691. The van der Waals surface area contributed by atoms with E-state index >= 15 is 0 Å². The summed E-state index contributed by atoms with van der Waals surface area (Å²) < 4.78 is 0. The molecule has 0 saturated heterocycles. The largest absolute Gasteiger partial charge is 0.481 e. The van der Waals surface area contributed by atoms with Crippen LogP contribution in [-0.2, 0) is 11.3 Å². The predicted octanol–water partition coefficient (Wildman–Crippen LogP) is 4.64. The zero-order valence-electron chi connectivity index (χ0n) is 15.9. The summed E-state index contributed by atoms with van der Waals surface area (Å²) in [5.74, 6) is 1.92. The molecule has 3 heteroatoms. The molecule has 0 amide bonds. The SMILES string of the molecule is Cc1ccc(CNC[C@@H]2[C@@H](/C=C\CCCC(=O)O)[C@@H]3C=C[C@H]2C3)c(C)c1. The van der Waals surface area contributed by atoms with E-state index in [0.29, 0.717) is 23.7 Å². The van der Waals surface area contributed by atoms with E-state index < -0.39 is 5.97 Å². The highest BCUT2D eigenvalue weighted by Crippen LogP contribution is 2.48. The molecule has 2 aliphatic carbocycles. The fourth-order valence-electron chi connectivity index (χ4n) is 4.58. The monoisotopic (exact) mass is 353 g/mol. The average Bonchev–Trinajstić information content (AvgIpc) is 3.18. The lowest BCUT2D eigenvalue weighted by atomic mass is 9.82. The van der Waals surface area contributed by atoms with Crippen molar-refractivity contribution in [3.05, 3.63) is 59.2 Å². The Hall–Kier alpha value is -1.87. The standard InChI is InChI=1S/C23H31NO2/c1-16-8-9-20(17(2)12-16)14-24-15-22-19-11-10-18(13-19)21(22)6-4-3-5-7-23(25)26/h4,6,8-12,18-19,21-22,24H,3,5,7,13-15H2,1-2H3,(H,25,26)/b6-4-/t18-,19+,21+,22+/m1/s1. The zero-order chi connectivity index (χ0) is 18.5. The molecule has 3 nitrogen and oxygen atoms in total. The number of unbranched alkanes of at least 4 members (excludes halogenated alkanes) is 1. The fraction of sp³-hybridized carbons (Fsp3) is 0.522. The van der Waals surface area contributed by atoms with Crippen LogP contribution in [0.2, 0.25) is 0 Å². The van der Waals surface area contributed by atoms with Crippen molar-refractivity contribution >= 4 is 5.97 Å². The normalized spacial score (nSPS) is 26.8. The molecule has 4 atom stereocenters. The van der Waals surface area contributed by atoms with Crippen molar-refractivity contribution in [3.63, 3.8) is 0 Å². The van der Waals surface area contributed by atoms with Crippen molar-refractivity contribution in [2.75, 3.05) is 6.54 Å². The van der Waals surface area contributed by atoms with Crippen LogP contribution in [0.3, 0.4) is 0 Å². The molecule has 2 bridgehead atoms. The average molecular weight is 354 g/mol. The van der Waals surface area contributed by atoms with Crippen LogP contribution in [0.1, 0.15) is 42.4 Å². The van der Waals surface area contributed by atoms with Gasteiger partial charge in [0.1, 0.15) is 0 Å². The van der Waals surface area contributed by atoms with Gasteiger partial charge in [0.25, 0.3) is 0 Å². The quantitative estimate of drug-likeness (QED) is 0.502. The molecule has 2 aliphatic rings. The van der Waals surface area contributed by atoms with Gasteiger partial charge in [-0.05, 0) is 74.5 Å². The van der Waals surface area contributed by atoms with Gasteiger partial charge in [0, 0.05) is 13.0 Å². The van der Waals surface area contributed by atoms with E-state index in [1.165, 1.54) is 23.1 Å². The Balaban J connectivity index is 1.51. The minimum atomic E-state index is -0.699. The summed E-state index contributed by atoms with van der Waals surface area (Å²) in [6.45, 7) is 6.30. The van der Waals surface area contributed by atoms with Crippen molar-refractivity contribution in [3.8, 4) is 0 Å². The smallest absolute Gasteiger partial charge is 0.303 e. The first-order valence-corrected chi connectivity index (χ1v) is 9.88. The van der Waals surface area contributed by atoms with Gasteiger partial charge in [0.05, 0.1) is 0 Å². The van der Waals surface area contributed by atoms with Crippen LogP contribution in [0, 0.1) is 37.5 Å². The molecule has 0 aliphatic heterocycles. The number of carbonyl (C=O) groups is 1. The number of fused-ring (bicyclic) bond motifs is 2. The molecule has 0 unspecified atom stereocenters. The first kappa shape index (κ1) is 18.9. The summed E-state index contributed by atoms with van der Waals surface area (Å²) in [4.78, 5) is 10.6. The molecule has 0 aromatic heterocycles. The summed E-state index contributed by atoms with van der Waals surface area (Å²) in [6.07, 6.45) is 12.5. The van der Waals surface area contributed by atoms with Gasteiger partial charge in [-0.25, -0.2) is 0 Å². The minimum absolute atomic E-state index is 0.266.